The number of carbonyl (C=O) groups is 1. The number of piperidine rings is 1. The van der Waals surface area contributed by atoms with E-state index in [2.05, 4.69) is 35.3 Å². The summed E-state index contributed by atoms with van der Waals surface area (Å²) in [5.41, 5.74) is 3.33. The Morgan fingerprint density at radius 1 is 1.17 bits per heavy atom. The molecule has 7 heteroatoms. The van der Waals surface area contributed by atoms with Gasteiger partial charge in [-0.1, -0.05) is 23.5 Å². The summed E-state index contributed by atoms with van der Waals surface area (Å²) in [6.07, 6.45) is 1.70. The molecule has 150 valence electrons. The van der Waals surface area contributed by atoms with E-state index in [1.54, 1.807) is 11.3 Å². The number of anilines is 1. The highest BCUT2D eigenvalue weighted by atomic mass is 32.1. The van der Waals surface area contributed by atoms with E-state index in [1.165, 1.54) is 10.3 Å². The number of aromatic nitrogens is 1. The zero-order valence-electron chi connectivity index (χ0n) is 16.3. The van der Waals surface area contributed by atoms with Crippen LogP contribution in [0.1, 0.15) is 24.0 Å². The van der Waals surface area contributed by atoms with Crippen molar-refractivity contribution in [3.05, 3.63) is 47.5 Å². The van der Waals surface area contributed by atoms with Gasteiger partial charge in [0.05, 0.1) is 10.2 Å². The van der Waals surface area contributed by atoms with Crippen LogP contribution in [0.5, 0.6) is 11.5 Å². The fourth-order valence-corrected chi connectivity index (χ4v) is 4.99. The normalized spacial score (nSPS) is 16.4. The summed E-state index contributed by atoms with van der Waals surface area (Å²) < 4.78 is 12.0. The van der Waals surface area contributed by atoms with Crippen molar-refractivity contribution >= 4 is 32.6 Å². The second-order valence-electron chi connectivity index (χ2n) is 7.63. The van der Waals surface area contributed by atoms with Gasteiger partial charge >= 0.3 is 0 Å². The molecule has 0 radical (unpaired) electrons. The van der Waals surface area contributed by atoms with Gasteiger partial charge in [-0.2, -0.15) is 0 Å². The third-order valence-electron chi connectivity index (χ3n) is 5.57. The zero-order valence-corrected chi connectivity index (χ0v) is 17.1. The molecule has 0 unspecified atom stereocenters. The number of nitrogens with one attached hydrogen (secondary N) is 1. The number of aryl methyl sites for hydroxylation is 1. The van der Waals surface area contributed by atoms with Crippen LogP contribution < -0.4 is 19.7 Å². The molecule has 0 spiro atoms. The van der Waals surface area contributed by atoms with E-state index in [0.29, 0.717) is 6.54 Å². The van der Waals surface area contributed by atoms with Crippen LogP contribution in [0.15, 0.2) is 36.4 Å². The SMILES string of the molecule is Cc1ccc2nc(N3CCC(C(=O)NCc4ccc5c(c4)OCO5)CC3)sc2c1. The first kappa shape index (κ1) is 18.2. The van der Waals surface area contributed by atoms with Crippen molar-refractivity contribution in [1.82, 2.24) is 10.3 Å². The third-order valence-corrected chi connectivity index (χ3v) is 6.65. The molecule has 6 nitrogen and oxygen atoms in total. The Morgan fingerprint density at radius 3 is 2.86 bits per heavy atom. The molecule has 1 amide bonds. The Balaban J connectivity index is 1.16. The van der Waals surface area contributed by atoms with Crippen molar-refractivity contribution in [3.63, 3.8) is 0 Å². The average molecular weight is 410 g/mol. The summed E-state index contributed by atoms with van der Waals surface area (Å²) in [4.78, 5) is 19.7. The lowest BCUT2D eigenvalue weighted by Gasteiger charge is -2.31. The fraction of sp³-hybridized carbons (Fsp3) is 0.364. The minimum atomic E-state index is 0.0527. The molecule has 2 aliphatic heterocycles. The van der Waals surface area contributed by atoms with Gasteiger partial charge < -0.3 is 19.7 Å². The summed E-state index contributed by atoms with van der Waals surface area (Å²) in [5, 5.41) is 4.14. The maximum Gasteiger partial charge on any atom is 0.231 e. The van der Waals surface area contributed by atoms with Gasteiger partial charge in [0.1, 0.15) is 0 Å². The molecular formula is C22H23N3O3S. The Kier molecular flexibility index (Phi) is 4.75. The predicted molar refractivity (Wildman–Crippen MR) is 114 cm³/mol. The molecular weight excluding hydrogens is 386 g/mol. The predicted octanol–water partition coefficient (Wildman–Crippen LogP) is 3.87. The van der Waals surface area contributed by atoms with Gasteiger partial charge in [0, 0.05) is 25.6 Å². The summed E-state index contributed by atoms with van der Waals surface area (Å²) in [6, 6.07) is 12.2. The molecule has 29 heavy (non-hydrogen) atoms. The number of ether oxygens (including phenoxy) is 2. The van der Waals surface area contributed by atoms with E-state index in [1.807, 2.05) is 18.2 Å². The highest BCUT2D eigenvalue weighted by Gasteiger charge is 2.26. The van der Waals surface area contributed by atoms with Crippen molar-refractivity contribution in [2.24, 2.45) is 5.92 Å². The summed E-state index contributed by atoms with van der Waals surface area (Å²) in [5.74, 6) is 1.69. The number of benzene rings is 2. The number of thiazole rings is 1. The van der Waals surface area contributed by atoms with E-state index >= 15 is 0 Å². The number of hydrogen-bond donors (Lipinski definition) is 1. The molecule has 1 saturated heterocycles. The molecule has 1 N–H and O–H groups in total. The molecule has 2 aromatic carbocycles. The maximum absolute atomic E-state index is 12.6. The second kappa shape index (κ2) is 7.55. The lowest BCUT2D eigenvalue weighted by Crippen LogP contribution is -2.40. The number of amides is 1. The van der Waals surface area contributed by atoms with Crippen molar-refractivity contribution in [3.8, 4) is 11.5 Å². The van der Waals surface area contributed by atoms with E-state index < -0.39 is 0 Å². The molecule has 0 atom stereocenters. The monoisotopic (exact) mass is 409 g/mol. The van der Waals surface area contributed by atoms with Crippen molar-refractivity contribution in [1.29, 1.82) is 0 Å². The first-order valence-electron chi connectivity index (χ1n) is 9.94. The van der Waals surface area contributed by atoms with Crippen LogP contribution in [0.3, 0.4) is 0 Å². The molecule has 2 aliphatic rings. The van der Waals surface area contributed by atoms with Gasteiger partial charge in [0.15, 0.2) is 16.6 Å². The number of fused-ring (bicyclic) bond motifs is 2. The summed E-state index contributed by atoms with van der Waals surface area (Å²) in [7, 11) is 0. The summed E-state index contributed by atoms with van der Waals surface area (Å²) >= 11 is 1.74. The van der Waals surface area contributed by atoms with Crippen LogP contribution >= 0.6 is 11.3 Å². The number of nitrogens with zero attached hydrogens (tertiary/aromatic N) is 2. The molecule has 5 rings (SSSR count). The Bertz CT molecular complexity index is 1060. The molecule has 3 aromatic rings. The minimum Gasteiger partial charge on any atom is -0.454 e. The molecule has 1 aromatic heterocycles. The van der Waals surface area contributed by atoms with E-state index in [-0.39, 0.29) is 18.6 Å². The van der Waals surface area contributed by atoms with Gasteiger partial charge in [0.25, 0.3) is 0 Å². The van der Waals surface area contributed by atoms with Crippen LogP contribution in [-0.4, -0.2) is 30.8 Å². The van der Waals surface area contributed by atoms with Gasteiger partial charge in [-0.25, -0.2) is 4.98 Å². The largest absolute Gasteiger partial charge is 0.454 e. The zero-order chi connectivity index (χ0) is 19.8. The first-order chi connectivity index (χ1) is 14.2. The highest BCUT2D eigenvalue weighted by molar-refractivity contribution is 7.22. The Labute approximate surface area is 173 Å². The van der Waals surface area contributed by atoms with E-state index in [0.717, 1.165) is 53.6 Å². The molecule has 0 saturated carbocycles. The molecule has 0 aliphatic carbocycles. The van der Waals surface area contributed by atoms with Crippen molar-refractivity contribution in [2.75, 3.05) is 24.8 Å². The number of carbonyl (C=O) groups excluding carboxylic acids is 1. The second-order valence-corrected chi connectivity index (χ2v) is 8.64. The van der Waals surface area contributed by atoms with Gasteiger partial charge in [-0.3, -0.25) is 4.79 Å². The Morgan fingerprint density at radius 2 is 2.00 bits per heavy atom. The Hall–Kier alpha value is -2.80. The maximum atomic E-state index is 12.6. The fourth-order valence-electron chi connectivity index (χ4n) is 3.87. The highest BCUT2D eigenvalue weighted by Crippen LogP contribution is 2.33. The smallest absolute Gasteiger partial charge is 0.231 e. The van der Waals surface area contributed by atoms with Crippen LogP contribution in [0, 0.1) is 12.8 Å². The number of hydrogen-bond acceptors (Lipinski definition) is 6. The lowest BCUT2D eigenvalue weighted by atomic mass is 9.96. The molecule has 0 bridgehead atoms. The van der Waals surface area contributed by atoms with E-state index in [9.17, 15) is 4.79 Å². The van der Waals surface area contributed by atoms with Crippen LogP contribution in [0.2, 0.25) is 0 Å². The molecule has 1 fully saturated rings. The number of rotatable bonds is 4. The van der Waals surface area contributed by atoms with Gasteiger partial charge in [0.2, 0.25) is 12.7 Å². The quantitative estimate of drug-likeness (QED) is 0.709. The van der Waals surface area contributed by atoms with Crippen molar-refractivity contribution in [2.45, 2.75) is 26.3 Å². The summed E-state index contributed by atoms with van der Waals surface area (Å²) in [6.45, 7) is 4.60. The topological polar surface area (TPSA) is 63.7 Å². The standard InChI is InChI=1S/C22H23N3O3S/c1-14-2-4-17-20(10-14)29-22(24-17)25-8-6-16(7-9-25)21(26)23-12-15-3-5-18-19(11-15)28-13-27-18/h2-5,10-11,16H,6-9,12-13H2,1H3,(H,23,26). The minimum absolute atomic E-state index is 0.0527. The van der Waals surface area contributed by atoms with E-state index in [4.69, 9.17) is 14.5 Å². The third kappa shape index (κ3) is 3.74. The average Bonchev–Trinajstić information content (AvgIpc) is 3.38. The van der Waals surface area contributed by atoms with Crippen LogP contribution in [0.25, 0.3) is 10.2 Å². The van der Waals surface area contributed by atoms with Crippen molar-refractivity contribution < 1.29 is 14.3 Å². The van der Waals surface area contributed by atoms with Crippen LogP contribution in [-0.2, 0) is 11.3 Å². The first-order valence-corrected chi connectivity index (χ1v) is 10.8. The van der Waals surface area contributed by atoms with Gasteiger partial charge in [-0.05, 0) is 55.2 Å². The van der Waals surface area contributed by atoms with Gasteiger partial charge in [-0.15, -0.1) is 0 Å². The van der Waals surface area contributed by atoms with Crippen LogP contribution in [0.4, 0.5) is 5.13 Å². The lowest BCUT2D eigenvalue weighted by molar-refractivity contribution is -0.125. The molecule has 3 heterocycles.